The van der Waals surface area contributed by atoms with Crippen LogP contribution < -0.4 is 0 Å². The van der Waals surface area contributed by atoms with Gasteiger partial charge in [0.05, 0.1) is 5.56 Å². The van der Waals surface area contributed by atoms with Gasteiger partial charge >= 0.3 is 0 Å². The Kier molecular flexibility index (Phi) is 1.42. The Labute approximate surface area is 54.3 Å². The molecule has 0 aromatic heterocycles. The standard InChI is InChI=1S/C8H6O/c1-7(9)8-5-3-2-4-6-8/h2-3,5,9H,1H2. The van der Waals surface area contributed by atoms with E-state index in [2.05, 4.69) is 18.7 Å². The van der Waals surface area contributed by atoms with Gasteiger partial charge in [-0.15, -0.1) is 0 Å². The minimum Gasteiger partial charge on any atom is -0.507 e. The summed E-state index contributed by atoms with van der Waals surface area (Å²) < 4.78 is 0. The first-order valence-electron chi connectivity index (χ1n) is 2.57. The molecule has 0 fully saturated rings. The maximum Gasteiger partial charge on any atom is 0.124 e. The van der Waals surface area contributed by atoms with Gasteiger partial charge < -0.3 is 5.11 Å². The van der Waals surface area contributed by atoms with Crippen LogP contribution in [0.2, 0.25) is 0 Å². The molecule has 1 heteroatoms. The molecule has 0 heterocycles. The summed E-state index contributed by atoms with van der Waals surface area (Å²) in [7, 11) is 0. The SMILES string of the molecule is C=C(O)c1c#cccc1. The lowest BCUT2D eigenvalue weighted by Gasteiger charge is -1.88. The quantitative estimate of drug-likeness (QED) is 0.557. The highest BCUT2D eigenvalue weighted by Gasteiger charge is 1.88. The number of aliphatic hydroxyl groups is 1. The van der Waals surface area contributed by atoms with E-state index in [-0.39, 0.29) is 5.76 Å². The third-order valence-corrected chi connectivity index (χ3v) is 0.960. The molecule has 0 amide bonds. The first-order valence-corrected chi connectivity index (χ1v) is 2.57. The number of hydrogen-bond acceptors (Lipinski definition) is 1. The first-order chi connectivity index (χ1) is 4.30. The summed E-state index contributed by atoms with van der Waals surface area (Å²) in [5, 5.41) is 8.78. The lowest BCUT2D eigenvalue weighted by Crippen LogP contribution is -1.74. The molecular formula is C8H6O. The Morgan fingerprint density at radius 2 is 2.44 bits per heavy atom. The fourth-order valence-corrected chi connectivity index (χ4v) is 0.522. The lowest BCUT2D eigenvalue weighted by atomic mass is 10.2. The van der Waals surface area contributed by atoms with Crippen molar-refractivity contribution in [2.24, 2.45) is 0 Å². The van der Waals surface area contributed by atoms with Crippen LogP contribution in [-0.2, 0) is 0 Å². The molecule has 1 rings (SSSR count). The molecule has 9 heavy (non-hydrogen) atoms. The summed E-state index contributed by atoms with van der Waals surface area (Å²) in [6, 6.07) is 10.6. The van der Waals surface area contributed by atoms with Gasteiger partial charge in [-0.25, -0.2) is 0 Å². The molecule has 0 saturated heterocycles. The van der Waals surface area contributed by atoms with Crippen molar-refractivity contribution >= 4 is 5.76 Å². The fourth-order valence-electron chi connectivity index (χ4n) is 0.522. The molecule has 0 aliphatic carbocycles. The highest BCUT2D eigenvalue weighted by Crippen LogP contribution is 2.02. The molecule has 0 radical (unpaired) electrons. The van der Waals surface area contributed by atoms with Crippen molar-refractivity contribution in [2.75, 3.05) is 0 Å². The topological polar surface area (TPSA) is 20.2 Å². The van der Waals surface area contributed by atoms with Crippen molar-refractivity contribution in [3.05, 3.63) is 42.5 Å². The van der Waals surface area contributed by atoms with Gasteiger partial charge in [0.2, 0.25) is 0 Å². The third-order valence-electron chi connectivity index (χ3n) is 0.960. The van der Waals surface area contributed by atoms with Crippen LogP contribution in [0.1, 0.15) is 5.56 Å². The van der Waals surface area contributed by atoms with Crippen molar-refractivity contribution < 1.29 is 5.11 Å². The average Bonchev–Trinajstić information content (AvgIpc) is 1.90. The van der Waals surface area contributed by atoms with Crippen molar-refractivity contribution in [3.63, 3.8) is 0 Å². The van der Waals surface area contributed by atoms with Crippen molar-refractivity contribution in [2.45, 2.75) is 0 Å². The number of aliphatic hydroxyl groups excluding tert-OH is 1. The van der Waals surface area contributed by atoms with Crippen molar-refractivity contribution in [1.29, 1.82) is 0 Å². The zero-order chi connectivity index (χ0) is 6.69. The predicted octanol–water partition coefficient (Wildman–Crippen LogP) is 1.82. The molecular weight excluding hydrogens is 112 g/mol. The molecule has 1 aromatic rings. The van der Waals surface area contributed by atoms with Crippen LogP contribution in [0.5, 0.6) is 0 Å². The number of hydrogen-bond donors (Lipinski definition) is 1. The van der Waals surface area contributed by atoms with Gasteiger partial charge in [-0.05, 0) is 12.1 Å². The van der Waals surface area contributed by atoms with Gasteiger partial charge in [-0.2, -0.15) is 0 Å². The molecule has 0 aliphatic rings. The van der Waals surface area contributed by atoms with Gasteiger partial charge in [0, 0.05) is 0 Å². The molecule has 1 aromatic carbocycles. The van der Waals surface area contributed by atoms with Gasteiger partial charge in [-0.1, -0.05) is 24.8 Å². The molecule has 0 aliphatic heterocycles. The van der Waals surface area contributed by atoms with Crippen LogP contribution in [-0.4, -0.2) is 5.11 Å². The first kappa shape index (κ1) is 5.71. The van der Waals surface area contributed by atoms with E-state index in [0.29, 0.717) is 5.56 Å². The maximum absolute atomic E-state index is 8.78. The molecule has 0 spiro atoms. The van der Waals surface area contributed by atoms with Gasteiger partial charge in [0.25, 0.3) is 0 Å². The van der Waals surface area contributed by atoms with Gasteiger partial charge in [0.1, 0.15) is 5.76 Å². The van der Waals surface area contributed by atoms with E-state index in [1.165, 1.54) is 0 Å². The van der Waals surface area contributed by atoms with Crippen LogP contribution >= 0.6 is 0 Å². The van der Waals surface area contributed by atoms with Crippen molar-refractivity contribution in [3.8, 4) is 0 Å². The van der Waals surface area contributed by atoms with E-state index in [1.54, 1.807) is 18.2 Å². The van der Waals surface area contributed by atoms with E-state index in [1.807, 2.05) is 0 Å². The number of rotatable bonds is 1. The lowest BCUT2D eigenvalue weighted by molar-refractivity contribution is 0.514. The van der Waals surface area contributed by atoms with Crippen LogP contribution in [0.15, 0.2) is 24.8 Å². The largest absolute Gasteiger partial charge is 0.507 e. The second-order valence-electron chi connectivity index (χ2n) is 1.66. The minimum atomic E-state index is 0.0341. The van der Waals surface area contributed by atoms with Crippen LogP contribution in [0.4, 0.5) is 0 Å². The van der Waals surface area contributed by atoms with Crippen LogP contribution in [0.3, 0.4) is 0 Å². The molecule has 0 saturated carbocycles. The fraction of sp³-hybridized carbons (Fsp3) is 0. The van der Waals surface area contributed by atoms with E-state index in [9.17, 15) is 0 Å². The predicted molar refractivity (Wildman–Crippen MR) is 35.8 cm³/mol. The van der Waals surface area contributed by atoms with E-state index >= 15 is 0 Å². The van der Waals surface area contributed by atoms with E-state index < -0.39 is 0 Å². The summed E-state index contributed by atoms with van der Waals surface area (Å²) >= 11 is 0. The summed E-state index contributed by atoms with van der Waals surface area (Å²) in [6.07, 6.45) is 0. The van der Waals surface area contributed by atoms with Crippen molar-refractivity contribution in [1.82, 2.24) is 0 Å². The maximum atomic E-state index is 8.78. The Bertz CT molecular complexity index is 201. The second kappa shape index (κ2) is 2.23. The van der Waals surface area contributed by atoms with E-state index in [0.717, 1.165) is 0 Å². The van der Waals surface area contributed by atoms with Gasteiger partial charge in [0.15, 0.2) is 0 Å². The molecule has 0 unspecified atom stereocenters. The molecule has 1 nitrogen and oxygen atoms in total. The molecule has 0 atom stereocenters. The normalized spacial score (nSPS) is 8.00. The monoisotopic (exact) mass is 118 g/mol. The van der Waals surface area contributed by atoms with Crippen LogP contribution in [0, 0.1) is 12.1 Å². The van der Waals surface area contributed by atoms with E-state index in [4.69, 9.17) is 5.11 Å². The van der Waals surface area contributed by atoms with Crippen LogP contribution in [0.25, 0.3) is 5.76 Å². The summed E-state index contributed by atoms with van der Waals surface area (Å²) in [6.45, 7) is 3.33. The smallest absolute Gasteiger partial charge is 0.124 e. The highest BCUT2D eigenvalue weighted by atomic mass is 16.3. The molecule has 44 valence electrons. The Balaban J connectivity index is 2.98. The second-order valence-corrected chi connectivity index (χ2v) is 1.66. The summed E-state index contributed by atoms with van der Waals surface area (Å²) in [4.78, 5) is 0. The highest BCUT2D eigenvalue weighted by molar-refractivity contribution is 5.53. The Morgan fingerprint density at radius 1 is 1.67 bits per heavy atom. The molecule has 0 bridgehead atoms. The zero-order valence-electron chi connectivity index (χ0n) is 4.89. The zero-order valence-corrected chi connectivity index (χ0v) is 4.89. The Hall–Kier alpha value is -1.42. The van der Waals surface area contributed by atoms with Gasteiger partial charge in [-0.3, -0.25) is 0 Å². The average molecular weight is 118 g/mol. The Morgan fingerprint density at radius 3 is 2.78 bits per heavy atom. The third kappa shape index (κ3) is 1.23. The summed E-state index contributed by atoms with van der Waals surface area (Å²) in [5.41, 5.74) is 0.595. The minimum absolute atomic E-state index is 0.0341. The summed E-state index contributed by atoms with van der Waals surface area (Å²) in [5.74, 6) is 0.0341. The molecule has 1 N–H and O–H groups in total.